The molecule has 0 aromatic heterocycles. The Hall–Kier alpha value is -2.32. The number of aliphatic hydroxyl groups excluding tert-OH is 1. The van der Waals surface area contributed by atoms with E-state index in [2.05, 4.69) is 10.6 Å². The first kappa shape index (κ1) is 18.1. The lowest BCUT2D eigenvalue weighted by molar-refractivity contribution is -0.148. The van der Waals surface area contributed by atoms with Crippen LogP contribution in [0.5, 0.6) is 0 Å². The number of carbonyl (C=O) groups excluding carboxylic acids is 3. The van der Waals surface area contributed by atoms with E-state index in [4.69, 9.17) is 0 Å². The molecule has 0 saturated carbocycles. The molecule has 1 aromatic rings. The summed E-state index contributed by atoms with van der Waals surface area (Å²) in [4.78, 5) is 40.7. The fourth-order valence-corrected chi connectivity index (χ4v) is 4.78. The van der Waals surface area contributed by atoms with E-state index < -0.39 is 58.6 Å². The van der Waals surface area contributed by atoms with Gasteiger partial charge in [-0.1, -0.05) is 0 Å². The molecule has 8 heteroatoms. The molecule has 0 bridgehead atoms. The highest BCUT2D eigenvalue weighted by Gasteiger charge is 2.72. The van der Waals surface area contributed by atoms with Crippen molar-refractivity contribution in [3.05, 3.63) is 29.6 Å². The van der Waals surface area contributed by atoms with Gasteiger partial charge in [-0.25, -0.2) is 4.39 Å². The monoisotopic (exact) mass is 375 g/mol. The minimum Gasteiger partial charge on any atom is -0.392 e. The number of hydrogen-bond acceptors (Lipinski definition) is 5. The Morgan fingerprint density at radius 2 is 1.89 bits per heavy atom. The summed E-state index contributed by atoms with van der Waals surface area (Å²) in [7, 11) is 0. The van der Waals surface area contributed by atoms with E-state index in [0.717, 1.165) is 0 Å². The average Bonchev–Trinajstić information content (AvgIpc) is 3.13. The molecule has 1 aromatic carbocycles. The molecule has 1 spiro atoms. The third kappa shape index (κ3) is 2.17. The van der Waals surface area contributed by atoms with Gasteiger partial charge in [-0.15, -0.1) is 0 Å². The second-order valence-electron chi connectivity index (χ2n) is 8.55. The molecule has 5 atom stereocenters. The summed E-state index contributed by atoms with van der Waals surface area (Å²) < 4.78 is 14.0. The highest BCUT2D eigenvalue weighted by Crippen LogP contribution is 2.54. The number of carbonyl (C=O) groups is 3. The molecule has 7 nitrogen and oxygen atoms in total. The molecule has 4 rings (SSSR count). The molecule has 3 N–H and O–H groups in total. The van der Waals surface area contributed by atoms with E-state index in [1.807, 2.05) is 0 Å². The molecule has 144 valence electrons. The third-order valence-electron chi connectivity index (χ3n) is 5.80. The van der Waals surface area contributed by atoms with E-state index in [1.165, 1.54) is 30.0 Å². The van der Waals surface area contributed by atoms with Crippen LogP contribution < -0.4 is 10.6 Å². The van der Waals surface area contributed by atoms with Gasteiger partial charge in [0.05, 0.1) is 17.9 Å². The Bertz CT molecular complexity index is 878. The van der Waals surface area contributed by atoms with Crippen molar-refractivity contribution in [3.8, 4) is 0 Å². The van der Waals surface area contributed by atoms with Gasteiger partial charge in [0.2, 0.25) is 17.7 Å². The lowest BCUT2D eigenvalue weighted by Crippen LogP contribution is -2.57. The predicted molar refractivity (Wildman–Crippen MR) is 93.9 cm³/mol. The first-order valence-corrected chi connectivity index (χ1v) is 8.95. The second kappa shape index (κ2) is 5.36. The minimum absolute atomic E-state index is 0.294. The van der Waals surface area contributed by atoms with E-state index in [1.54, 1.807) is 20.8 Å². The Morgan fingerprint density at radius 1 is 1.22 bits per heavy atom. The van der Waals surface area contributed by atoms with Crippen molar-refractivity contribution in [2.45, 2.75) is 50.9 Å². The first-order valence-electron chi connectivity index (χ1n) is 8.95. The Kier molecular flexibility index (Phi) is 3.58. The number of nitrogens with one attached hydrogen (secondary N) is 2. The molecule has 0 aliphatic carbocycles. The fourth-order valence-electron chi connectivity index (χ4n) is 4.78. The minimum atomic E-state index is -1.59. The average molecular weight is 375 g/mol. The highest BCUT2D eigenvalue weighted by molar-refractivity contribution is 6.15. The smallest absolute Gasteiger partial charge is 0.250 e. The van der Waals surface area contributed by atoms with E-state index >= 15 is 0 Å². The molecule has 0 radical (unpaired) electrons. The molecule has 3 amide bonds. The van der Waals surface area contributed by atoms with Crippen molar-refractivity contribution in [3.63, 3.8) is 0 Å². The van der Waals surface area contributed by atoms with Crippen molar-refractivity contribution in [1.82, 2.24) is 10.2 Å². The van der Waals surface area contributed by atoms with Gasteiger partial charge >= 0.3 is 0 Å². The van der Waals surface area contributed by atoms with Crippen molar-refractivity contribution in [2.75, 3.05) is 5.32 Å². The number of amides is 3. The highest BCUT2D eigenvalue weighted by atomic mass is 19.1. The molecule has 27 heavy (non-hydrogen) atoms. The fraction of sp³-hybridized carbons (Fsp3) is 0.526. The summed E-state index contributed by atoms with van der Waals surface area (Å²) in [6, 6.07) is 3.06. The topological polar surface area (TPSA) is 98.7 Å². The van der Waals surface area contributed by atoms with E-state index in [-0.39, 0.29) is 0 Å². The normalized spacial score (nSPS) is 33.5. The number of fused-ring (bicyclic) bond motifs is 4. The number of imide groups is 1. The van der Waals surface area contributed by atoms with Crippen LogP contribution in [0, 0.1) is 17.7 Å². The molecule has 3 heterocycles. The molecular formula is C19H22FN3O4. The Morgan fingerprint density at radius 3 is 2.48 bits per heavy atom. The van der Waals surface area contributed by atoms with Gasteiger partial charge < -0.3 is 10.4 Å². The van der Waals surface area contributed by atoms with Crippen molar-refractivity contribution >= 4 is 23.4 Å². The number of benzene rings is 1. The number of likely N-dealkylation sites (tertiary alicyclic amines) is 1. The predicted octanol–water partition coefficient (Wildman–Crippen LogP) is 0.725. The molecular weight excluding hydrogens is 353 g/mol. The van der Waals surface area contributed by atoms with Crippen LogP contribution in [0.25, 0.3) is 0 Å². The molecule has 3 aliphatic heterocycles. The maximum Gasteiger partial charge on any atom is 0.250 e. The van der Waals surface area contributed by atoms with E-state index in [0.29, 0.717) is 11.3 Å². The second-order valence-corrected chi connectivity index (χ2v) is 8.55. The zero-order valence-electron chi connectivity index (χ0n) is 15.5. The van der Waals surface area contributed by atoms with Crippen LogP contribution in [0.2, 0.25) is 0 Å². The van der Waals surface area contributed by atoms with Gasteiger partial charge in [0.25, 0.3) is 0 Å². The van der Waals surface area contributed by atoms with Gasteiger partial charge in [0.1, 0.15) is 11.4 Å². The largest absolute Gasteiger partial charge is 0.392 e. The van der Waals surface area contributed by atoms with Crippen LogP contribution >= 0.6 is 0 Å². The first-order chi connectivity index (χ1) is 12.5. The quantitative estimate of drug-likeness (QED) is 0.629. The maximum atomic E-state index is 14.0. The summed E-state index contributed by atoms with van der Waals surface area (Å²) in [5.74, 6) is -3.93. The lowest BCUT2D eigenvalue weighted by atomic mass is 9.76. The van der Waals surface area contributed by atoms with Crippen LogP contribution in [0.3, 0.4) is 0 Å². The lowest BCUT2D eigenvalue weighted by Gasteiger charge is -2.35. The molecule has 2 saturated heterocycles. The standard InChI is InChI=1S/C19H22FN3O4/c1-8(24)14-12-13(16(26)23(15(12)25)18(2,3)4)19(22-14)10-7-9(20)5-6-11(10)21-17(19)27/h5-8,12-14,22,24H,1-4H3,(H,21,27)/t8-,12-,13-,14-,19+/m0/s1. The van der Waals surface area contributed by atoms with Crippen molar-refractivity contribution < 1.29 is 23.9 Å². The number of nitrogens with zero attached hydrogens (tertiary/aromatic N) is 1. The van der Waals surface area contributed by atoms with Gasteiger partial charge in [0.15, 0.2) is 0 Å². The van der Waals surface area contributed by atoms with Crippen LogP contribution in [-0.2, 0) is 19.9 Å². The zero-order valence-corrected chi connectivity index (χ0v) is 15.5. The summed E-state index contributed by atoms with van der Waals surface area (Å²) in [6.07, 6.45) is -0.987. The van der Waals surface area contributed by atoms with E-state index in [9.17, 15) is 23.9 Å². The zero-order chi connectivity index (χ0) is 19.9. The number of aliphatic hydroxyl groups is 1. The van der Waals surface area contributed by atoms with Crippen LogP contribution in [0.1, 0.15) is 33.3 Å². The Balaban J connectivity index is 1.95. The van der Waals surface area contributed by atoms with Gasteiger partial charge in [-0.2, -0.15) is 0 Å². The summed E-state index contributed by atoms with van der Waals surface area (Å²) >= 11 is 0. The summed E-state index contributed by atoms with van der Waals surface area (Å²) in [5.41, 5.74) is -1.67. The Labute approximate surface area is 155 Å². The van der Waals surface area contributed by atoms with Crippen LogP contribution in [-0.4, -0.2) is 45.4 Å². The van der Waals surface area contributed by atoms with Crippen molar-refractivity contribution in [1.29, 1.82) is 0 Å². The molecule has 2 fully saturated rings. The van der Waals surface area contributed by atoms with Crippen molar-refractivity contribution in [2.24, 2.45) is 11.8 Å². The summed E-state index contributed by atoms with van der Waals surface area (Å²) in [5, 5.41) is 16.0. The summed E-state index contributed by atoms with van der Waals surface area (Å²) in [6.45, 7) is 6.72. The van der Waals surface area contributed by atoms with Gasteiger partial charge in [-0.05, 0) is 45.9 Å². The molecule has 3 aliphatic rings. The number of rotatable bonds is 1. The number of anilines is 1. The number of halogens is 1. The van der Waals surface area contributed by atoms with Crippen LogP contribution in [0.4, 0.5) is 10.1 Å². The van der Waals surface area contributed by atoms with Gasteiger partial charge in [-0.3, -0.25) is 24.6 Å². The van der Waals surface area contributed by atoms with Gasteiger partial charge in [0, 0.05) is 22.8 Å². The maximum absolute atomic E-state index is 14.0. The van der Waals surface area contributed by atoms with Crippen LogP contribution in [0.15, 0.2) is 18.2 Å². The molecule has 0 unspecified atom stereocenters. The third-order valence-corrected chi connectivity index (χ3v) is 5.80. The SMILES string of the molecule is C[C@H](O)[C@@H]1N[C@@]2(C(=O)Nc3ccc(F)cc32)[C@@H]2C(=O)N(C(C)(C)C)C(=O)[C@H]12. The number of hydrogen-bond donors (Lipinski definition) is 3.